The fourth-order valence-electron chi connectivity index (χ4n) is 3.76. The van der Waals surface area contributed by atoms with Crippen LogP contribution >= 0.6 is 0 Å². The third kappa shape index (κ3) is 3.08. The van der Waals surface area contributed by atoms with Crippen LogP contribution in [-0.4, -0.2) is 5.54 Å². The summed E-state index contributed by atoms with van der Waals surface area (Å²) < 4.78 is 0. The zero-order valence-electron chi connectivity index (χ0n) is 12.9. The third-order valence-corrected chi connectivity index (χ3v) is 4.79. The van der Waals surface area contributed by atoms with Crippen molar-refractivity contribution in [2.24, 2.45) is 5.92 Å². The number of hydrogen-bond acceptors (Lipinski definition) is 1. The van der Waals surface area contributed by atoms with Crippen LogP contribution in [0.5, 0.6) is 0 Å². The van der Waals surface area contributed by atoms with Crippen LogP contribution in [0.15, 0.2) is 30.3 Å². The van der Waals surface area contributed by atoms with E-state index in [4.69, 9.17) is 0 Å². The van der Waals surface area contributed by atoms with Crippen molar-refractivity contribution in [1.82, 2.24) is 5.32 Å². The van der Waals surface area contributed by atoms with Gasteiger partial charge in [-0.1, -0.05) is 62.4 Å². The summed E-state index contributed by atoms with van der Waals surface area (Å²) in [5, 5.41) is 3.75. The standard InChI is InChI=1S/C19H27N/c1-19(2)14-16-10-6-7-11-17(16)18(20-19)13-12-15-8-4-3-5-9-15/h6-7,10-11,13,15,20H,3-5,8-9,12,14H2,1-2H3. The topological polar surface area (TPSA) is 12.0 Å². The highest BCUT2D eigenvalue weighted by Crippen LogP contribution is 2.32. The summed E-state index contributed by atoms with van der Waals surface area (Å²) in [6, 6.07) is 8.88. The van der Waals surface area contributed by atoms with Crippen molar-refractivity contribution < 1.29 is 0 Å². The molecule has 0 saturated heterocycles. The van der Waals surface area contributed by atoms with Gasteiger partial charge in [0.15, 0.2) is 0 Å². The Morgan fingerprint density at radius 1 is 1.15 bits per heavy atom. The Kier molecular flexibility index (Phi) is 3.87. The van der Waals surface area contributed by atoms with Crippen LogP contribution in [0.1, 0.15) is 63.5 Å². The average molecular weight is 269 g/mol. The lowest BCUT2D eigenvalue weighted by Crippen LogP contribution is -2.43. The van der Waals surface area contributed by atoms with E-state index in [1.807, 2.05) is 0 Å². The molecule has 0 unspecified atom stereocenters. The van der Waals surface area contributed by atoms with E-state index in [-0.39, 0.29) is 5.54 Å². The first-order valence-electron chi connectivity index (χ1n) is 8.21. The second kappa shape index (κ2) is 5.63. The molecule has 1 N–H and O–H groups in total. The predicted molar refractivity (Wildman–Crippen MR) is 86.5 cm³/mol. The van der Waals surface area contributed by atoms with E-state index < -0.39 is 0 Å². The Bertz CT molecular complexity index is 492. The summed E-state index contributed by atoms with van der Waals surface area (Å²) >= 11 is 0. The van der Waals surface area contributed by atoms with Crippen molar-refractivity contribution in [1.29, 1.82) is 0 Å². The molecule has 2 aliphatic rings. The lowest BCUT2D eigenvalue weighted by molar-refractivity contribution is 0.360. The van der Waals surface area contributed by atoms with Crippen molar-refractivity contribution in [3.63, 3.8) is 0 Å². The van der Waals surface area contributed by atoms with Crippen molar-refractivity contribution >= 4 is 5.70 Å². The minimum atomic E-state index is 0.173. The number of nitrogens with one attached hydrogen (secondary N) is 1. The molecule has 1 heterocycles. The Hall–Kier alpha value is -1.24. The molecule has 1 aromatic carbocycles. The molecule has 1 nitrogen and oxygen atoms in total. The fraction of sp³-hybridized carbons (Fsp3) is 0.579. The van der Waals surface area contributed by atoms with Crippen LogP contribution in [0.4, 0.5) is 0 Å². The molecular weight excluding hydrogens is 242 g/mol. The second-order valence-corrected chi connectivity index (χ2v) is 7.20. The van der Waals surface area contributed by atoms with Crippen LogP contribution in [0, 0.1) is 5.92 Å². The van der Waals surface area contributed by atoms with E-state index >= 15 is 0 Å². The maximum atomic E-state index is 3.75. The zero-order valence-corrected chi connectivity index (χ0v) is 12.9. The van der Waals surface area contributed by atoms with Gasteiger partial charge in [-0.15, -0.1) is 0 Å². The molecule has 0 atom stereocenters. The molecule has 0 amide bonds. The largest absolute Gasteiger partial charge is 0.380 e. The van der Waals surface area contributed by atoms with Gasteiger partial charge in [0.1, 0.15) is 0 Å². The first kappa shape index (κ1) is 13.7. The van der Waals surface area contributed by atoms with Crippen LogP contribution in [0.3, 0.4) is 0 Å². The maximum Gasteiger partial charge on any atom is 0.0380 e. The van der Waals surface area contributed by atoms with Gasteiger partial charge < -0.3 is 5.32 Å². The molecule has 1 aromatic rings. The number of benzene rings is 1. The maximum absolute atomic E-state index is 3.75. The number of rotatable bonds is 2. The van der Waals surface area contributed by atoms with E-state index in [1.54, 1.807) is 0 Å². The highest BCUT2D eigenvalue weighted by molar-refractivity contribution is 5.69. The molecule has 0 aromatic heterocycles. The summed E-state index contributed by atoms with van der Waals surface area (Å²) in [5.74, 6) is 0.912. The Morgan fingerprint density at radius 2 is 1.90 bits per heavy atom. The van der Waals surface area contributed by atoms with Crippen LogP contribution in [0.2, 0.25) is 0 Å². The number of hydrogen-bond donors (Lipinski definition) is 1. The lowest BCUT2D eigenvalue weighted by atomic mass is 9.83. The van der Waals surface area contributed by atoms with Crippen molar-refractivity contribution in [3.8, 4) is 0 Å². The van der Waals surface area contributed by atoms with Gasteiger partial charge in [0.2, 0.25) is 0 Å². The molecule has 1 aliphatic heterocycles. The highest BCUT2D eigenvalue weighted by Gasteiger charge is 2.27. The molecule has 20 heavy (non-hydrogen) atoms. The summed E-state index contributed by atoms with van der Waals surface area (Å²) in [6.07, 6.45) is 12.0. The summed E-state index contributed by atoms with van der Waals surface area (Å²) in [6.45, 7) is 4.61. The molecule has 1 aliphatic carbocycles. The molecule has 3 rings (SSSR count). The van der Waals surface area contributed by atoms with Crippen molar-refractivity contribution in [2.75, 3.05) is 0 Å². The molecule has 0 spiro atoms. The van der Waals surface area contributed by atoms with Gasteiger partial charge in [0.25, 0.3) is 0 Å². The lowest BCUT2D eigenvalue weighted by Gasteiger charge is -2.36. The van der Waals surface area contributed by atoms with Crippen LogP contribution in [-0.2, 0) is 6.42 Å². The van der Waals surface area contributed by atoms with Gasteiger partial charge in [0, 0.05) is 16.8 Å². The second-order valence-electron chi connectivity index (χ2n) is 7.20. The zero-order chi connectivity index (χ0) is 14.0. The Morgan fingerprint density at radius 3 is 2.70 bits per heavy atom. The average Bonchev–Trinajstić information content (AvgIpc) is 2.45. The van der Waals surface area contributed by atoms with Crippen molar-refractivity contribution in [2.45, 2.75) is 64.3 Å². The number of fused-ring (bicyclic) bond motifs is 1. The fourth-order valence-corrected chi connectivity index (χ4v) is 3.76. The molecule has 1 fully saturated rings. The Labute approximate surface area is 123 Å². The molecule has 108 valence electrons. The number of allylic oxidation sites excluding steroid dienone is 1. The van der Waals surface area contributed by atoms with Crippen LogP contribution in [0.25, 0.3) is 5.70 Å². The molecular formula is C19H27N. The predicted octanol–water partition coefficient (Wildman–Crippen LogP) is 4.92. The van der Waals surface area contributed by atoms with Gasteiger partial charge >= 0.3 is 0 Å². The quantitative estimate of drug-likeness (QED) is 0.803. The molecule has 0 bridgehead atoms. The van der Waals surface area contributed by atoms with E-state index in [9.17, 15) is 0 Å². The minimum Gasteiger partial charge on any atom is -0.380 e. The van der Waals surface area contributed by atoms with Crippen molar-refractivity contribution in [3.05, 3.63) is 41.5 Å². The van der Waals surface area contributed by atoms with Gasteiger partial charge in [0.05, 0.1) is 0 Å². The molecule has 1 heteroatoms. The molecule has 0 radical (unpaired) electrons. The highest BCUT2D eigenvalue weighted by atomic mass is 15.0. The van der Waals surface area contributed by atoms with Gasteiger partial charge in [-0.05, 0) is 38.2 Å². The smallest absolute Gasteiger partial charge is 0.0380 e. The van der Waals surface area contributed by atoms with Gasteiger partial charge in [-0.3, -0.25) is 0 Å². The first-order chi connectivity index (χ1) is 9.64. The first-order valence-corrected chi connectivity index (χ1v) is 8.21. The van der Waals surface area contributed by atoms with E-state index in [0.29, 0.717) is 0 Å². The summed E-state index contributed by atoms with van der Waals surface area (Å²) in [7, 11) is 0. The van der Waals surface area contributed by atoms with Gasteiger partial charge in [-0.25, -0.2) is 0 Å². The van der Waals surface area contributed by atoms with Gasteiger partial charge in [-0.2, -0.15) is 0 Å². The Balaban J connectivity index is 1.80. The van der Waals surface area contributed by atoms with E-state index in [0.717, 1.165) is 12.3 Å². The van der Waals surface area contributed by atoms with E-state index in [2.05, 4.69) is 49.5 Å². The monoisotopic (exact) mass is 269 g/mol. The SMILES string of the molecule is CC1(C)Cc2ccccc2C(=CCC2CCCCC2)N1. The molecule has 1 saturated carbocycles. The third-order valence-electron chi connectivity index (χ3n) is 4.79. The van der Waals surface area contributed by atoms with E-state index in [1.165, 1.54) is 55.3 Å². The summed E-state index contributed by atoms with van der Waals surface area (Å²) in [4.78, 5) is 0. The van der Waals surface area contributed by atoms with Crippen LogP contribution < -0.4 is 5.32 Å². The normalized spacial score (nSPS) is 24.2. The summed E-state index contributed by atoms with van der Waals surface area (Å²) in [5.41, 5.74) is 4.45. The minimum absolute atomic E-state index is 0.173.